The largest absolute Gasteiger partial charge is 0.348 e. The van der Waals surface area contributed by atoms with E-state index in [-0.39, 0.29) is 26.4 Å². The van der Waals surface area contributed by atoms with Crippen molar-refractivity contribution in [1.29, 1.82) is 0 Å². The number of hydroxylamine groups is 2. The van der Waals surface area contributed by atoms with Gasteiger partial charge in [0.25, 0.3) is 5.91 Å². The third kappa shape index (κ3) is 2.88. The van der Waals surface area contributed by atoms with Crippen LogP contribution in [0.15, 0.2) is 23.1 Å². The SMILES string of the molecule is O=C1NC2C(CCCC2S(=O)(=O)c2cc(Cl)cc(Cl)c2)C(=O)N1O. The van der Waals surface area contributed by atoms with Crippen molar-refractivity contribution in [3.63, 3.8) is 0 Å². The molecule has 1 saturated carbocycles. The predicted octanol–water partition coefficient (Wildman–Crippen LogP) is 2.25. The van der Waals surface area contributed by atoms with Crippen molar-refractivity contribution in [2.24, 2.45) is 5.92 Å². The third-order valence-corrected chi connectivity index (χ3v) is 7.06. The molecule has 1 aromatic rings. The lowest BCUT2D eigenvalue weighted by molar-refractivity contribution is -0.163. The molecule has 0 aromatic heterocycles. The molecular formula is C14H14Cl2N2O5S. The summed E-state index contributed by atoms with van der Waals surface area (Å²) in [6.07, 6.45) is 1.16. The van der Waals surface area contributed by atoms with Gasteiger partial charge in [0.15, 0.2) is 9.84 Å². The summed E-state index contributed by atoms with van der Waals surface area (Å²) < 4.78 is 26.0. The van der Waals surface area contributed by atoms with Gasteiger partial charge in [0.05, 0.1) is 22.1 Å². The van der Waals surface area contributed by atoms with Gasteiger partial charge in [-0.2, -0.15) is 0 Å². The second-order valence-electron chi connectivity index (χ2n) is 5.85. The topological polar surface area (TPSA) is 104 Å². The Bertz CT molecular complexity index is 793. The first kappa shape index (κ1) is 17.5. The van der Waals surface area contributed by atoms with Crippen LogP contribution in [0.4, 0.5) is 4.79 Å². The third-order valence-electron chi connectivity index (χ3n) is 4.41. The van der Waals surface area contributed by atoms with Gasteiger partial charge in [-0.3, -0.25) is 10.0 Å². The molecule has 3 atom stereocenters. The van der Waals surface area contributed by atoms with Crippen molar-refractivity contribution in [1.82, 2.24) is 10.4 Å². The number of carbonyl (C=O) groups excluding carboxylic acids is 2. The molecule has 0 bridgehead atoms. The van der Waals surface area contributed by atoms with Crippen LogP contribution in [0.1, 0.15) is 19.3 Å². The highest BCUT2D eigenvalue weighted by Gasteiger charge is 2.50. The Morgan fingerprint density at radius 3 is 2.38 bits per heavy atom. The van der Waals surface area contributed by atoms with E-state index in [0.717, 1.165) is 0 Å². The number of hydrogen-bond donors (Lipinski definition) is 2. The number of benzene rings is 1. The molecule has 1 heterocycles. The molecule has 3 unspecified atom stereocenters. The van der Waals surface area contributed by atoms with E-state index in [2.05, 4.69) is 5.32 Å². The van der Waals surface area contributed by atoms with Crippen LogP contribution < -0.4 is 5.32 Å². The van der Waals surface area contributed by atoms with Crippen molar-refractivity contribution in [2.75, 3.05) is 0 Å². The fraction of sp³-hybridized carbons (Fsp3) is 0.429. The fourth-order valence-electron chi connectivity index (χ4n) is 3.30. The molecule has 3 amide bonds. The van der Waals surface area contributed by atoms with Crippen LogP contribution in [0.2, 0.25) is 10.0 Å². The minimum absolute atomic E-state index is 0.00637. The summed E-state index contributed by atoms with van der Waals surface area (Å²) in [4.78, 5) is 23.7. The summed E-state index contributed by atoms with van der Waals surface area (Å²) in [7, 11) is -3.88. The highest BCUT2D eigenvalue weighted by Crippen LogP contribution is 2.36. The van der Waals surface area contributed by atoms with Gasteiger partial charge >= 0.3 is 6.03 Å². The van der Waals surface area contributed by atoms with Crippen LogP contribution >= 0.6 is 23.2 Å². The van der Waals surface area contributed by atoms with Crippen LogP contribution in [0.25, 0.3) is 0 Å². The zero-order valence-electron chi connectivity index (χ0n) is 12.3. The minimum atomic E-state index is -3.88. The molecule has 1 aliphatic carbocycles. The number of imide groups is 1. The van der Waals surface area contributed by atoms with Gasteiger partial charge in [-0.05, 0) is 31.0 Å². The molecule has 1 aliphatic heterocycles. The van der Waals surface area contributed by atoms with Gasteiger partial charge in [0, 0.05) is 10.0 Å². The lowest BCUT2D eigenvalue weighted by Crippen LogP contribution is -2.64. The molecule has 10 heteroatoms. The van der Waals surface area contributed by atoms with Crippen LogP contribution in [0.5, 0.6) is 0 Å². The summed E-state index contributed by atoms with van der Waals surface area (Å²) in [5.41, 5.74) is 0. The predicted molar refractivity (Wildman–Crippen MR) is 85.7 cm³/mol. The van der Waals surface area contributed by atoms with Gasteiger partial charge in [0.2, 0.25) is 0 Å². The number of nitrogens with one attached hydrogen (secondary N) is 1. The van der Waals surface area contributed by atoms with Crippen molar-refractivity contribution < 1.29 is 23.2 Å². The average molecular weight is 393 g/mol. The van der Waals surface area contributed by atoms with Crippen LogP contribution in [-0.4, -0.2) is 41.9 Å². The van der Waals surface area contributed by atoms with E-state index in [0.29, 0.717) is 12.8 Å². The van der Waals surface area contributed by atoms with Gasteiger partial charge in [0.1, 0.15) is 0 Å². The van der Waals surface area contributed by atoms with Crippen LogP contribution in [0, 0.1) is 5.92 Å². The van der Waals surface area contributed by atoms with E-state index in [1.807, 2.05) is 0 Å². The highest BCUT2D eigenvalue weighted by atomic mass is 35.5. The van der Waals surface area contributed by atoms with E-state index in [9.17, 15) is 23.2 Å². The van der Waals surface area contributed by atoms with E-state index in [1.54, 1.807) is 0 Å². The molecule has 2 N–H and O–H groups in total. The lowest BCUT2D eigenvalue weighted by Gasteiger charge is -2.41. The van der Waals surface area contributed by atoms with E-state index in [4.69, 9.17) is 23.2 Å². The molecule has 1 aromatic carbocycles. The van der Waals surface area contributed by atoms with Gasteiger partial charge in [-0.1, -0.05) is 29.6 Å². The second-order valence-corrected chi connectivity index (χ2v) is 8.89. The molecule has 2 aliphatic rings. The Morgan fingerprint density at radius 1 is 1.12 bits per heavy atom. The molecule has 3 rings (SSSR count). The average Bonchev–Trinajstić information content (AvgIpc) is 2.51. The number of rotatable bonds is 2. The highest BCUT2D eigenvalue weighted by molar-refractivity contribution is 7.92. The van der Waals surface area contributed by atoms with Crippen LogP contribution in [0.3, 0.4) is 0 Å². The fourth-order valence-corrected chi connectivity index (χ4v) is 6.01. The van der Waals surface area contributed by atoms with E-state index in [1.165, 1.54) is 18.2 Å². The summed E-state index contributed by atoms with van der Waals surface area (Å²) in [6.45, 7) is 0. The maximum atomic E-state index is 13.0. The first-order chi connectivity index (χ1) is 11.2. The Balaban J connectivity index is 2.01. The first-order valence-electron chi connectivity index (χ1n) is 7.25. The zero-order chi connectivity index (χ0) is 17.6. The van der Waals surface area contributed by atoms with Crippen molar-refractivity contribution in [3.8, 4) is 0 Å². The number of halogens is 2. The molecule has 0 spiro atoms. The number of sulfone groups is 1. The Hall–Kier alpha value is -1.35. The van der Waals surface area contributed by atoms with Gasteiger partial charge in [-0.15, -0.1) is 5.06 Å². The quantitative estimate of drug-likeness (QED) is 0.751. The summed E-state index contributed by atoms with van der Waals surface area (Å²) in [6, 6.07) is 2.08. The van der Waals surface area contributed by atoms with Crippen molar-refractivity contribution in [2.45, 2.75) is 35.4 Å². The molecule has 24 heavy (non-hydrogen) atoms. The van der Waals surface area contributed by atoms with E-state index >= 15 is 0 Å². The molecular weight excluding hydrogens is 379 g/mol. The number of fused-ring (bicyclic) bond motifs is 1. The van der Waals surface area contributed by atoms with Gasteiger partial charge in [-0.25, -0.2) is 13.2 Å². The molecule has 130 valence electrons. The molecule has 0 radical (unpaired) electrons. The second kappa shape index (κ2) is 6.18. The number of amides is 3. The number of urea groups is 1. The number of hydrogen-bond acceptors (Lipinski definition) is 5. The van der Waals surface area contributed by atoms with Crippen molar-refractivity contribution >= 4 is 45.0 Å². The lowest BCUT2D eigenvalue weighted by atomic mass is 9.82. The summed E-state index contributed by atoms with van der Waals surface area (Å²) >= 11 is 11.8. The van der Waals surface area contributed by atoms with Crippen LogP contribution in [-0.2, 0) is 14.6 Å². The Kier molecular flexibility index (Phi) is 4.50. The maximum Gasteiger partial charge on any atom is 0.348 e. The number of carbonyl (C=O) groups is 2. The standard InChI is InChI=1S/C14H14Cl2N2O5S/c15-7-4-8(16)6-9(5-7)24(22,23)11-3-1-2-10-12(11)17-14(20)18(21)13(10)19/h4-6,10-12,21H,1-3H2,(H,17,20). The van der Waals surface area contributed by atoms with Gasteiger partial charge < -0.3 is 5.32 Å². The minimum Gasteiger partial charge on any atom is -0.331 e. The van der Waals surface area contributed by atoms with Crippen molar-refractivity contribution in [3.05, 3.63) is 28.2 Å². The summed E-state index contributed by atoms with van der Waals surface area (Å²) in [5.74, 6) is -1.57. The molecule has 7 nitrogen and oxygen atoms in total. The number of nitrogens with zero attached hydrogens (tertiary/aromatic N) is 1. The smallest absolute Gasteiger partial charge is 0.331 e. The maximum absolute atomic E-state index is 13.0. The first-order valence-corrected chi connectivity index (χ1v) is 9.55. The Labute approximate surface area is 148 Å². The summed E-state index contributed by atoms with van der Waals surface area (Å²) in [5, 5.41) is 11.2. The molecule has 1 saturated heterocycles. The van der Waals surface area contributed by atoms with E-state index < -0.39 is 39.0 Å². The zero-order valence-corrected chi connectivity index (χ0v) is 14.6. The Morgan fingerprint density at radius 2 is 1.75 bits per heavy atom. The monoisotopic (exact) mass is 392 g/mol. The molecule has 2 fully saturated rings. The normalized spacial score (nSPS) is 27.6.